The molecule has 3 heteroatoms. The maximum absolute atomic E-state index is 2.18. The van der Waals surface area contributed by atoms with E-state index >= 15 is 0 Å². The van der Waals surface area contributed by atoms with Crippen LogP contribution in [-0.2, 0) is 6.54 Å². The monoisotopic (exact) mass is 218 g/mol. The molecule has 0 N–H and O–H groups in total. The first-order chi connectivity index (χ1) is 6.20. The zero-order valence-electron chi connectivity index (χ0n) is 9.73. The van der Waals surface area contributed by atoms with Crippen LogP contribution >= 0.6 is 12.4 Å². The van der Waals surface area contributed by atoms with Gasteiger partial charge in [-0.2, -0.15) is 0 Å². The van der Waals surface area contributed by atoms with Crippen LogP contribution in [0, 0.1) is 0 Å². The van der Waals surface area contributed by atoms with Gasteiger partial charge in [0.25, 0.3) is 0 Å². The Labute approximate surface area is 94.3 Å². The Morgan fingerprint density at radius 2 is 1.57 bits per heavy atom. The molecule has 0 spiro atoms. The third kappa shape index (κ3) is 9.62. The molecule has 0 unspecified atom stereocenters. The molecule has 1 rings (SSSR count). The smallest absolute Gasteiger partial charge is 0.0191 e. The van der Waals surface area contributed by atoms with Crippen LogP contribution in [0.25, 0.3) is 0 Å². The Kier molecular flexibility index (Phi) is 12.1. The molecule has 84 valence electrons. The van der Waals surface area contributed by atoms with Gasteiger partial charge in [0.15, 0.2) is 0 Å². The molecule has 1 heterocycles. The summed E-state index contributed by atoms with van der Waals surface area (Å²) in [6.45, 7) is 6.59. The predicted octanol–water partition coefficient (Wildman–Crippen LogP) is 2.89. The van der Waals surface area contributed by atoms with Crippen LogP contribution in [0.1, 0.15) is 20.3 Å². The van der Waals surface area contributed by atoms with Crippen LogP contribution in [0.3, 0.4) is 0 Å². The Bertz CT molecular complexity index is 183. The summed E-state index contributed by atoms with van der Waals surface area (Å²) in [6, 6.07) is 4.06. The van der Waals surface area contributed by atoms with E-state index in [1.54, 1.807) is 0 Å². The number of aromatic nitrogens is 1. The van der Waals surface area contributed by atoms with E-state index in [4.69, 9.17) is 0 Å². The first-order valence-corrected chi connectivity index (χ1v) is 4.96. The van der Waals surface area contributed by atoms with Crippen LogP contribution in [0.15, 0.2) is 24.5 Å². The quantitative estimate of drug-likeness (QED) is 0.758. The van der Waals surface area contributed by atoms with Crippen LogP contribution < -0.4 is 0 Å². The van der Waals surface area contributed by atoms with Crippen LogP contribution in [0.5, 0.6) is 0 Å². The average molecular weight is 219 g/mol. The molecule has 0 fully saturated rings. The molecular formula is C11H23ClN2. The molecule has 0 atom stereocenters. The van der Waals surface area contributed by atoms with Crippen molar-refractivity contribution in [2.45, 2.75) is 26.8 Å². The van der Waals surface area contributed by atoms with E-state index in [0.29, 0.717) is 0 Å². The van der Waals surface area contributed by atoms with E-state index in [2.05, 4.69) is 49.8 Å². The van der Waals surface area contributed by atoms with Gasteiger partial charge >= 0.3 is 0 Å². The molecule has 1 aromatic heterocycles. The first-order valence-electron chi connectivity index (χ1n) is 4.96. The fourth-order valence-corrected chi connectivity index (χ4v) is 1.03. The van der Waals surface area contributed by atoms with Crippen molar-refractivity contribution in [2.75, 3.05) is 20.6 Å². The zero-order valence-corrected chi connectivity index (χ0v) is 10.5. The minimum absolute atomic E-state index is 0. The van der Waals surface area contributed by atoms with E-state index in [9.17, 15) is 0 Å². The van der Waals surface area contributed by atoms with E-state index in [1.165, 1.54) is 13.0 Å². The summed E-state index contributed by atoms with van der Waals surface area (Å²) in [5.41, 5.74) is 0. The highest BCUT2D eigenvalue weighted by Gasteiger charge is 1.79. The van der Waals surface area contributed by atoms with Gasteiger partial charge in [0.1, 0.15) is 0 Å². The topological polar surface area (TPSA) is 8.17 Å². The summed E-state index contributed by atoms with van der Waals surface area (Å²) in [4.78, 5) is 2.18. The van der Waals surface area contributed by atoms with Crippen molar-refractivity contribution in [1.82, 2.24) is 9.47 Å². The van der Waals surface area contributed by atoms with Crippen molar-refractivity contribution in [1.29, 1.82) is 0 Å². The molecule has 2 nitrogen and oxygen atoms in total. The molecular weight excluding hydrogens is 196 g/mol. The number of rotatable bonds is 3. The summed E-state index contributed by atoms with van der Waals surface area (Å²) in [5.74, 6) is 0. The molecule has 0 amide bonds. The van der Waals surface area contributed by atoms with Crippen LogP contribution in [-0.4, -0.2) is 30.1 Å². The molecule has 0 saturated heterocycles. The molecule has 14 heavy (non-hydrogen) atoms. The summed E-state index contributed by atoms with van der Waals surface area (Å²) in [7, 11) is 4.17. The second-order valence-corrected chi connectivity index (χ2v) is 3.32. The van der Waals surface area contributed by atoms with Gasteiger partial charge in [0.05, 0.1) is 0 Å². The van der Waals surface area contributed by atoms with Crippen molar-refractivity contribution in [3.05, 3.63) is 24.5 Å². The second kappa shape index (κ2) is 10.6. The van der Waals surface area contributed by atoms with Crippen molar-refractivity contribution >= 4 is 12.4 Å². The molecule has 0 saturated carbocycles. The number of aryl methyl sites for hydroxylation is 1. The van der Waals surface area contributed by atoms with Gasteiger partial charge in [-0.3, -0.25) is 0 Å². The standard InChI is InChI=1S/C6H9N.C5H13N.ClH/c1-2-7-5-3-4-6-7;1-4-5-6(2)3;/h3-6H,2H2,1H3;4-5H2,1-3H3;1H. The Morgan fingerprint density at radius 3 is 1.71 bits per heavy atom. The lowest BCUT2D eigenvalue weighted by molar-refractivity contribution is 0.408. The van der Waals surface area contributed by atoms with Gasteiger partial charge in [-0.25, -0.2) is 0 Å². The molecule has 1 aromatic rings. The maximum Gasteiger partial charge on any atom is 0.0191 e. The third-order valence-electron chi connectivity index (χ3n) is 1.70. The molecule has 0 aliphatic rings. The van der Waals surface area contributed by atoms with E-state index in [0.717, 1.165) is 6.54 Å². The molecule has 0 aliphatic heterocycles. The van der Waals surface area contributed by atoms with Gasteiger partial charge in [0, 0.05) is 18.9 Å². The number of nitrogens with zero attached hydrogens (tertiary/aromatic N) is 2. The Morgan fingerprint density at radius 1 is 1.07 bits per heavy atom. The summed E-state index contributed by atoms with van der Waals surface area (Å²) >= 11 is 0. The van der Waals surface area contributed by atoms with Crippen molar-refractivity contribution in [2.24, 2.45) is 0 Å². The highest BCUT2D eigenvalue weighted by atomic mass is 35.5. The second-order valence-electron chi connectivity index (χ2n) is 3.32. The average Bonchev–Trinajstić information content (AvgIpc) is 2.56. The molecule has 0 aliphatic carbocycles. The van der Waals surface area contributed by atoms with Crippen LogP contribution in [0.4, 0.5) is 0 Å². The zero-order chi connectivity index (χ0) is 10.1. The largest absolute Gasteiger partial charge is 0.355 e. The van der Waals surface area contributed by atoms with Crippen molar-refractivity contribution in [3.8, 4) is 0 Å². The lowest BCUT2D eigenvalue weighted by Gasteiger charge is -2.03. The SMILES string of the molecule is CCCN(C)C.CCn1cccc1.Cl. The Balaban J connectivity index is 0. The lowest BCUT2D eigenvalue weighted by atomic mass is 10.5. The predicted molar refractivity (Wildman–Crippen MR) is 66.2 cm³/mol. The first kappa shape index (κ1) is 16.0. The highest BCUT2D eigenvalue weighted by Crippen LogP contribution is 1.86. The summed E-state index contributed by atoms with van der Waals surface area (Å²) in [5, 5.41) is 0. The van der Waals surface area contributed by atoms with Crippen LogP contribution in [0.2, 0.25) is 0 Å². The fourth-order valence-electron chi connectivity index (χ4n) is 1.03. The normalized spacial score (nSPS) is 8.93. The number of hydrogen-bond donors (Lipinski definition) is 0. The summed E-state index contributed by atoms with van der Waals surface area (Å²) < 4.78 is 2.12. The molecule has 0 aromatic carbocycles. The minimum atomic E-state index is 0. The van der Waals surface area contributed by atoms with E-state index in [1.807, 2.05) is 12.1 Å². The minimum Gasteiger partial charge on any atom is -0.355 e. The van der Waals surface area contributed by atoms with E-state index < -0.39 is 0 Å². The molecule has 0 radical (unpaired) electrons. The Hall–Kier alpha value is -0.470. The lowest BCUT2D eigenvalue weighted by Crippen LogP contribution is -2.11. The van der Waals surface area contributed by atoms with Gasteiger partial charge in [0.2, 0.25) is 0 Å². The fraction of sp³-hybridized carbons (Fsp3) is 0.636. The molecule has 0 bridgehead atoms. The van der Waals surface area contributed by atoms with Crippen molar-refractivity contribution in [3.63, 3.8) is 0 Å². The number of hydrogen-bond acceptors (Lipinski definition) is 1. The third-order valence-corrected chi connectivity index (χ3v) is 1.70. The van der Waals surface area contributed by atoms with E-state index in [-0.39, 0.29) is 12.4 Å². The van der Waals surface area contributed by atoms with Gasteiger partial charge in [-0.1, -0.05) is 6.92 Å². The van der Waals surface area contributed by atoms with Gasteiger partial charge < -0.3 is 9.47 Å². The van der Waals surface area contributed by atoms with Gasteiger partial charge in [-0.05, 0) is 46.1 Å². The maximum atomic E-state index is 2.18. The number of halogens is 1. The van der Waals surface area contributed by atoms with Gasteiger partial charge in [-0.15, -0.1) is 12.4 Å². The summed E-state index contributed by atoms with van der Waals surface area (Å²) in [6.07, 6.45) is 5.37. The highest BCUT2D eigenvalue weighted by molar-refractivity contribution is 5.85. The van der Waals surface area contributed by atoms with Crippen molar-refractivity contribution < 1.29 is 0 Å².